The summed E-state index contributed by atoms with van der Waals surface area (Å²) in [6, 6.07) is 0. The fraction of sp³-hybridized carbons (Fsp3) is 1.00. The Kier molecular flexibility index (Phi) is 1.02. The second-order valence-electron chi connectivity index (χ2n) is 1.04. The molecule has 0 saturated carbocycles. The molecule has 0 aromatic heterocycles. The van der Waals surface area contributed by atoms with Gasteiger partial charge in [-0.3, -0.25) is 5.84 Å². The molecule has 1 heterocycles. The van der Waals surface area contributed by atoms with Crippen LogP contribution in [-0.2, 0) is 9.78 Å². The molecule has 4 nitrogen and oxygen atoms in total. The molecule has 6 heavy (non-hydrogen) atoms. The summed E-state index contributed by atoms with van der Waals surface area (Å²) in [5.74, 6) is 4.88. The summed E-state index contributed by atoms with van der Waals surface area (Å²) >= 11 is 0. The minimum Gasteiger partial charge on any atom is -0.269 e. The fourth-order valence-electron chi connectivity index (χ4n) is 0.212. The Balaban J connectivity index is 2.01. The first-order valence-electron chi connectivity index (χ1n) is 1.68. The fourth-order valence-corrected chi connectivity index (χ4v) is 0.212. The quantitative estimate of drug-likeness (QED) is 0.239. The average Bonchev–Trinajstić information content (AvgIpc) is 1.31. The predicted octanol–water partition coefficient (Wildman–Crippen LogP) is -1.26. The summed E-state index contributed by atoms with van der Waals surface area (Å²) in [4.78, 5) is 8.63. The van der Waals surface area contributed by atoms with Gasteiger partial charge in [0.05, 0.1) is 0 Å². The maximum absolute atomic E-state index is 4.88. The van der Waals surface area contributed by atoms with Crippen LogP contribution in [0.2, 0.25) is 0 Å². The summed E-state index contributed by atoms with van der Waals surface area (Å²) in [7, 11) is 0. The van der Waals surface area contributed by atoms with Gasteiger partial charge >= 0.3 is 0 Å². The van der Waals surface area contributed by atoms with E-state index in [-0.39, 0.29) is 6.23 Å². The van der Waals surface area contributed by atoms with Crippen molar-refractivity contribution in [1.82, 2.24) is 5.43 Å². The third kappa shape index (κ3) is 0.504. The molecule has 0 aromatic rings. The lowest BCUT2D eigenvalue weighted by Gasteiger charge is -2.22. The van der Waals surface area contributed by atoms with Crippen LogP contribution in [0.1, 0.15) is 0 Å². The molecule has 1 rings (SSSR count). The largest absolute Gasteiger partial charge is 0.269 e. The third-order valence-electron chi connectivity index (χ3n) is 0.590. The first-order chi connectivity index (χ1) is 2.93. The number of hydrogen-bond donors (Lipinski definition) is 2. The molecule has 4 heteroatoms. The van der Waals surface area contributed by atoms with E-state index in [4.69, 9.17) is 5.84 Å². The SMILES string of the molecule is NNC1COO1. The van der Waals surface area contributed by atoms with Crippen LogP contribution in [-0.4, -0.2) is 12.8 Å². The molecular formula is C2H6N2O2. The Morgan fingerprint density at radius 2 is 2.50 bits per heavy atom. The number of nitrogens with one attached hydrogen (secondary N) is 1. The van der Waals surface area contributed by atoms with Crippen LogP contribution in [0.3, 0.4) is 0 Å². The lowest BCUT2D eigenvalue weighted by molar-refractivity contribution is -0.431. The van der Waals surface area contributed by atoms with Crippen molar-refractivity contribution in [3.05, 3.63) is 0 Å². The predicted molar refractivity (Wildman–Crippen MR) is 18.1 cm³/mol. The second kappa shape index (κ2) is 1.53. The van der Waals surface area contributed by atoms with Crippen molar-refractivity contribution < 1.29 is 9.78 Å². The van der Waals surface area contributed by atoms with E-state index >= 15 is 0 Å². The van der Waals surface area contributed by atoms with E-state index in [0.717, 1.165) is 0 Å². The molecule has 3 N–H and O–H groups in total. The van der Waals surface area contributed by atoms with Gasteiger partial charge in [0.15, 0.2) is 6.23 Å². The Hall–Kier alpha value is -0.160. The molecule has 1 fully saturated rings. The molecule has 1 aliphatic rings. The van der Waals surface area contributed by atoms with Gasteiger partial charge in [0.25, 0.3) is 0 Å². The van der Waals surface area contributed by atoms with Gasteiger partial charge in [-0.15, -0.1) is 0 Å². The first-order valence-corrected chi connectivity index (χ1v) is 1.68. The average molecular weight is 90.1 g/mol. The second-order valence-corrected chi connectivity index (χ2v) is 1.04. The standard InChI is InChI=1S/C2H6N2O2/c3-4-2-1-5-6-2/h2,4H,1,3H2. The number of hydrazine groups is 1. The van der Waals surface area contributed by atoms with E-state index in [1.165, 1.54) is 0 Å². The third-order valence-corrected chi connectivity index (χ3v) is 0.590. The van der Waals surface area contributed by atoms with E-state index in [1.807, 2.05) is 0 Å². The van der Waals surface area contributed by atoms with E-state index in [9.17, 15) is 0 Å². The molecule has 0 radical (unpaired) electrons. The molecule has 0 bridgehead atoms. The van der Waals surface area contributed by atoms with Crippen molar-refractivity contribution in [2.75, 3.05) is 6.61 Å². The smallest absolute Gasteiger partial charge is 0.182 e. The van der Waals surface area contributed by atoms with E-state index in [0.29, 0.717) is 6.61 Å². The molecule has 1 saturated heterocycles. The van der Waals surface area contributed by atoms with Gasteiger partial charge in [0.2, 0.25) is 0 Å². The Bertz CT molecular complexity index is 42.1. The molecular weight excluding hydrogens is 84.0 g/mol. The van der Waals surface area contributed by atoms with Gasteiger partial charge in [-0.2, -0.15) is 0 Å². The van der Waals surface area contributed by atoms with Crippen LogP contribution < -0.4 is 11.3 Å². The normalized spacial score (nSPS) is 32.5. The van der Waals surface area contributed by atoms with E-state index in [2.05, 4.69) is 15.2 Å². The summed E-state index contributed by atoms with van der Waals surface area (Å²) in [6.07, 6.45) is -0.0787. The van der Waals surface area contributed by atoms with Crippen molar-refractivity contribution in [3.63, 3.8) is 0 Å². The van der Waals surface area contributed by atoms with Crippen LogP contribution in [0.4, 0.5) is 0 Å². The highest BCUT2D eigenvalue weighted by atomic mass is 17.2. The minimum atomic E-state index is -0.0787. The van der Waals surface area contributed by atoms with Crippen LogP contribution >= 0.6 is 0 Å². The summed E-state index contributed by atoms with van der Waals surface area (Å²) in [5.41, 5.74) is 2.35. The highest BCUT2D eigenvalue weighted by Gasteiger charge is 2.16. The topological polar surface area (TPSA) is 56.5 Å². The summed E-state index contributed by atoms with van der Waals surface area (Å²) in [6.45, 7) is 0.552. The van der Waals surface area contributed by atoms with Gasteiger partial charge in [0.1, 0.15) is 6.61 Å². The van der Waals surface area contributed by atoms with Crippen molar-refractivity contribution in [2.24, 2.45) is 5.84 Å². The Labute approximate surface area is 35.1 Å². The summed E-state index contributed by atoms with van der Waals surface area (Å²) in [5, 5.41) is 0. The molecule has 1 aliphatic heterocycles. The van der Waals surface area contributed by atoms with Crippen LogP contribution in [0, 0.1) is 0 Å². The first kappa shape index (κ1) is 4.01. The molecule has 1 unspecified atom stereocenters. The Morgan fingerprint density at radius 3 is 2.50 bits per heavy atom. The van der Waals surface area contributed by atoms with Crippen LogP contribution in [0.5, 0.6) is 0 Å². The summed E-state index contributed by atoms with van der Waals surface area (Å²) < 4.78 is 0. The van der Waals surface area contributed by atoms with Gasteiger partial charge in [0, 0.05) is 0 Å². The van der Waals surface area contributed by atoms with E-state index in [1.54, 1.807) is 0 Å². The zero-order valence-electron chi connectivity index (χ0n) is 3.18. The molecule has 0 spiro atoms. The zero-order chi connectivity index (χ0) is 4.41. The molecule has 0 amide bonds. The number of rotatable bonds is 1. The minimum absolute atomic E-state index is 0.0787. The van der Waals surface area contributed by atoms with Crippen molar-refractivity contribution in [2.45, 2.75) is 6.23 Å². The van der Waals surface area contributed by atoms with Crippen molar-refractivity contribution in [1.29, 1.82) is 0 Å². The van der Waals surface area contributed by atoms with Crippen LogP contribution in [0.15, 0.2) is 0 Å². The van der Waals surface area contributed by atoms with Crippen molar-refractivity contribution >= 4 is 0 Å². The maximum atomic E-state index is 4.88. The molecule has 0 aromatic carbocycles. The number of nitrogens with two attached hydrogens (primary N) is 1. The highest BCUT2D eigenvalue weighted by Crippen LogP contribution is 1.98. The van der Waals surface area contributed by atoms with Gasteiger partial charge in [-0.25, -0.2) is 15.2 Å². The van der Waals surface area contributed by atoms with Gasteiger partial charge in [-0.1, -0.05) is 0 Å². The highest BCUT2D eigenvalue weighted by molar-refractivity contribution is 4.47. The number of hydrogen-bond acceptors (Lipinski definition) is 4. The monoisotopic (exact) mass is 90.0 g/mol. The van der Waals surface area contributed by atoms with Gasteiger partial charge in [-0.05, 0) is 0 Å². The lowest BCUT2D eigenvalue weighted by atomic mass is 10.6. The van der Waals surface area contributed by atoms with Crippen molar-refractivity contribution in [3.8, 4) is 0 Å². The van der Waals surface area contributed by atoms with Gasteiger partial charge < -0.3 is 0 Å². The molecule has 0 aliphatic carbocycles. The Morgan fingerprint density at radius 1 is 1.83 bits per heavy atom. The van der Waals surface area contributed by atoms with E-state index < -0.39 is 0 Å². The van der Waals surface area contributed by atoms with Crippen LogP contribution in [0.25, 0.3) is 0 Å². The lowest BCUT2D eigenvalue weighted by Crippen LogP contribution is -2.47. The zero-order valence-corrected chi connectivity index (χ0v) is 3.18. The molecule has 1 atom stereocenters. The molecule has 36 valence electrons. The maximum Gasteiger partial charge on any atom is 0.182 e.